The summed E-state index contributed by atoms with van der Waals surface area (Å²) in [5.41, 5.74) is 10.6. The molecule has 5 unspecified atom stereocenters. The Labute approximate surface area is 191 Å². The lowest BCUT2D eigenvalue weighted by molar-refractivity contribution is -0.142. The van der Waals surface area contributed by atoms with E-state index in [1.807, 2.05) is 0 Å². The number of carboxylic acids is 1. The Morgan fingerprint density at radius 2 is 1.47 bits per heavy atom. The number of nitrogens with one attached hydrogen (secondary N) is 3. The number of carbonyl (C=O) groups excluding carboxylic acids is 4. The van der Waals surface area contributed by atoms with Crippen LogP contribution in [-0.4, -0.2) is 82.1 Å². The summed E-state index contributed by atoms with van der Waals surface area (Å²) in [7, 11) is 0. The number of hydrogen-bond donors (Lipinski definition) is 7. The van der Waals surface area contributed by atoms with Crippen molar-refractivity contribution in [3.8, 4) is 0 Å². The van der Waals surface area contributed by atoms with Gasteiger partial charge >= 0.3 is 5.97 Å². The highest BCUT2D eigenvalue weighted by molar-refractivity contribution is 7.98. The van der Waals surface area contributed by atoms with Crippen LogP contribution in [0.25, 0.3) is 0 Å². The zero-order valence-corrected chi connectivity index (χ0v) is 19.6. The maximum atomic E-state index is 12.8. The molecule has 9 N–H and O–H groups in total. The van der Waals surface area contributed by atoms with Crippen LogP contribution in [0.1, 0.15) is 40.0 Å². The van der Waals surface area contributed by atoms with Gasteiger partial charge in [0, 0.05) is 6.42 Å². The van der Waals surface area contributed by atoms with Crippen LogP contribution in [0.5, 0.6) is 0 Å². The largest absolute Gasteiger partial charge is 0.480 e. The first-order valence-electron chi connectivity index (χ1n) is 10.2. The third-order valence-corrected chi connectivity index (χ3v) is 5.25. The number of amides is 4. The van der Waals surface area contributed by atoms with Crippen molar-refractivity contribution in [1.82, 2.24) is 16.0 Å². The van der Waals surface area contributed by atoms with Crippen molar-refractivity contribution in [2.45, 2.75) is 70.3 Å². The number of aliphatic hydroxyl groups is 1. The Bertz CT molecular complexity index is 674. The monoisotopic (exact) mass is 477 g/mol. The molecule has 4 amide bonds. The lowest BCUT2D eigenvalue weighted by atomic mass is 10.0. The maximum Gasteiger partial charge on any atom is 0.326 e. The summed E-state index contributed by atoms with van der Waals surface area (Å²) in [6.07, 6.45) is 0.454. The number of primary amides is 1. The molecular weight excluding hydrogens is 442 g/mol. The molecule has 0 aromatic heterocycles. The average Bonchev–Trinajstić information content (AvgIpc) is 2.70. The molecule has 12 nitrogen and oxygen atoms in total. The first kappa shape index (κ1) is 29.6. The highest BCUT2D eigenvalue weighted by Crippen LogP contribution is 2.08. The van der Waals surface area contributed by atoms with E-state index in [0.29, 0.717) is 5.75 Å². The molecule has 0 saturated heterocycles. The second-order valence-corrected chi connectivity index (χ2v) is 8.73. The Morgan fingerprint density at radius 1 is 0.906 bits per heavy atom. The number of carboxylic acid groups (broad SMARTS) is 1. The summed E-state index contributed by atoms with van der Waals surface area (Å²) in [4.78, 5) is 60.1. The molecule has 13 heteroatoms. The smallest absolute Gasteiger partial charge is 0.326 e. The molecular formula is C19H35N5O7S. The minimum atomic E-state index is -1.35. The van der Waals surface area contributed by atoms with E-state index in [1.165, 1.54) is 18.7 Å². The number of aliphatic hydroxyl groups excluding tert-OH is 1. The van der Waals surface area contributed by atoms with E-state index < -0.39 is 59.9 Å². The van der Waals surface area contributed by atoms with E-state index in [1.54, 1.807) is 20.1 Å². The van der Waals surface area contributed by atoms with Gasteiger partial charge in [-0.05, 0) is 37.7 Å². The summed E-state index contributed by atoms with van der Waals surface area (Å²) < 4.78 is 0. The number of hydrogen-bond acceptors (Lipinski definition) is 8. The van der Waals surface area contributed by atoms with Gasteiger partial charge in [0.1, 0.15) is 24.2 Å². The van der Waals surface area contributed by atoms with Gasteiger partial charge in [0.25, 0.3) is 0 Å². The van der Waals surface area contributed by atoms with Gasteiger partial charge in [-0.25, -0.2) is 4.79 Å². The number of thioether (sulfide) groups is 1. The molecule has 0 aliphatic carbocycles. The van der Waals surface area contributed by atoms with Crippen LogP contribution in [0.2, 0.25) is 0 Å². The third-order valence-electron chi connectivity index (χ3n) is 4.61. The van der Waals surface area contributed by atoms with Crippen molar-refractivity contribution in [2.24, 2.45) is 17.4 Å². The summed E-state index contributed by atoms with van der Waals surface area (Å²) in [6, 6.07) is -4.70. The molecule has 0 aromatic rings. The number of aliphatic carboxylic acids is 1. The molecule has 0 aliphatic heterocycles. The van der Waals surface area contributed by atoms with Crippen LogP contribution in [-0.2, 0) is 24.0 Å². The van der Waals surface area contributed by atoms with E-state index in [9.17, 15) is 34.2 Å². The highest BCUT2D eigenvalue weighted by Gasteiger charge is 2.32. The van der Waals surface area contributed by atoms with E-state index >= 15 is 0 Å². The molecule has 0 heterocycles. The molecule has 32 heavy (non-hydrogen) atoms. The minimum Gasteiger partial charge on any atom is -0.480 e. The van der Waals surface area contributed by atoms with E-state index in [0.717, 1.165) is 0 Å². The minimum absolute atomic E-state index is 0.193. The molecule has 0 saturated carbocycles. The molecule has 0 aromatic carbocycles. The van der Waals surface area contributed by atoms with Crippen molar-refractivity contribution in [3.05, 3.63) is 0 Å². The number of carbonyl (C=O) groups is 5. The van der Waals surface area contributed by atoms with Crippen LogP contribution in [0.15, 0.2) is 0 Å². The van der Waals surface area contributed by atoms with Gasteiger partial charge in [0.2, 0.25) is 23.6 Å². The molecule has 0 radical (unpaired) electrons. The fourth-order valence-electron chi connectivity index (χ4n) is 2.59. The van der Waals surface area contributed by atoms with Crippen LogP contribution in [0, 0.1) is 5.92 Å². The highest BCUT2D eigenvalue weighted by atomic mass is 32.2. The Morgan fingerprint density at radius 3 is 1.91 bits per heavy atom. The van der Waals surface area contributed by atoms with Gasteiger partial charge in [-0.2, -0.15) is 11.8 Å². The lowest BCUT2D eigenvalue weighted by Gasteiger charge is -2.27. The topological polar surface area (TPSA) is 214 Å². The normalized spacial score (nSPS) is 15.7. The molecule has 0 aliphatic rings. The summed E-state index contributed by atoms with van der Waals surface area (Å²) >= 11 is 1.42. The zero-order chi connectivity index (χ0) is 25.0. The van der Waals surface area contributed by atoms with E-state index in [2.05, 4.69) is 16.0 Å². The van der Waals surface area contributed by atoms with Gasteiger partial charge in [0.05, 0.1) is 6.10 Å². The summed E-state index contributed by atoms with van der Waals surface area (Å²) in [5, 5.41) is 26.1. The van der Waals surface area contributed by atoms with Gasteiger partial charge < -0.3 is 37.6 Å². The Kier molecular flexibility index (Phi) is 13.5. The van der Waals surface area contributed by atoms with Crippen LogP contribution >= 0.6 is 11.8 Å². The molecule has 5 atom stereocenters. The quantitative estimate of drug-likeness (QED) is 0.137. The molecule has 0 spiro atoms. The van der Waals surface area contributed by atoms with E-state index in [-0.39, 0.29) is 25.2 Å². The fourth-order valence-corrected chi connectivity index (χ4v) is 3.06. The molecule has 0 fully saturated rings. The SMILES string of the molecule is CSCCC(NC(=O)C(NC(=O)C(N)C(C)O)C(C)C)C(=O)NC(CCC(N)=O)C(=O)O. The second kappa shape index (κ2) is 14.6. The van der Waals surface area contributed by atoms with Crippen molar-refractivity contribution in [3.63, 3.8) is 0 Å². The van der Waals surface area contributed by atoms with E-state index in [4.69, 9.17) is 11.5 Å². The summed E-state index contributed by atoms with van der Waals surface area (Å²) in [6.45, 7) is 4.70. The fraction of sp³-hybridized carbons (Fsp3) is 0.737. The zero-order valence-electron chi connectivity index (χ0n) is 18.8. The van der Waals surface area contributed by atoms with Gasteiger partial charge in [-0.15, -0.1) is 0 Å². The van der Waals surface area contributed by atoms with Crippen molar-refractivity contribution in [1.29, 1.82) is 0 Å². The third kappa shape index (κ3) is 10.8. The number of nitrogens with two attached hydrogens (primary N) is 2. The van der Waals surface area contributed by atoms with Gasteiger partial charge in [-0.3, -0.25) is 19.2 Å². The first-order chi connectivity index (χ1) is 14.8. The number of rotatable bonds is 15. The molecule has 0 bridgehead atoms. The standard InChI is InChI=1S/C19H35N5O7S/c1-9(2)15(24-17(28)14(21)10(3)25)18(29)22-11(7-8-32-4)16(27)23-12(19(30)31)5-6-13(20)26/h9-12,14-15,25H,5-8,21H2,1-4H3,(H2,20,26)(H,22,29)(H,23,27)(H,24,28)(H,30,31). The Balaban J connectivity index is 5.40. The van der Waals surface area contributed by atoms with Crippen LogP contribution in [0.4, 0.5) is 0 Å². The summed E-state index contributed by atoms with van der Waals surface area (Å²) in [5.74, 6) is -4.04. The van der Waals surface area contributed by atoms with Crippen molar-refractivity contribution < 1.29 is 34.2 Å². The van der Waals surface area contributed by atoms with Crippen molar-refractivity contribution >= 4 is 41.4 Å². The predicted octanol–water partition coefficient (Wildman–Crippen LogP) is -2.09. The van der Waals surface area contributed by atoms with Gasteiger partial charge in [0.15, 0.2) is 0 Å². The van der Waals surface area contributed by atoms with Crippen molar-refractivity contribution in [2.75, 3.05) is 12.0 Å². The second-order valence-electron chi connectivity index (χ2n) is 7.74. The first-order valence-corrected chi connectivity index (χ1v) is 11.6. The molecule has 184 valence electrons. The predicted molar refractivity (Wildman–Crippen MR) is 119 cm³/mol. The average molecular weight is 478 g/mol. The van der Waals surface area contributed by atoms with Gasteiger partial charge in [-0.1, -0.05) is 13.8 Å². The maximum absolute atomic E-state index is 12.8. The molecule has 0 rings (SSSR count). The van der Waals surface area contributed by atoms with Crippen LogP contribution in [0.3, 0.4) is 0 Å². The lowest BCUT2D eigenvalue weighted by Crippen LogP contribution is -2.59. The Hall–Kier alpha value is -2.38. The van der Waals surface area contributed by atoms with Crippen LogP contribution < -0.4 is 27.4 Å².